The summed E-state index contributed by atoms with van der Waals surface area (Å²) in [5, 5.41) is 3.11. The zero-order chi connectivity index (χ0) is 12.9. The molecule has 0 radical (unpaired) electrons. The van der Waals surface area contributed by atoms with Crippen LogP contribution in [0, 0.1) is 5.92 Å². The number of carbonyl (C=O) groups excluding carboxylic acids is 1. The molecule has 0 aromatic carbocycles. The molecule has 1 rings (SSSR count). The van der Waals surface area contributed by atoms with Crippen LogP contribution in [-0.2, 0) is 9.53 Å². The number of nitrogens with zero attached hydrogens (tertiary/aromatic N) is 1. The molecular weight excluding hydrogens is 216 g/mol. The largest absolute Gasteiger partial charge is 0.465 e. The number of ether oxygens (including phenoxy) is 1. The van der Waals surface area contributed by atoms with Gasteiger partial charge in [-0.2, -0.15) is 0 Å². The highest BCUT2D eigenvalue weighted by atomic mass is 16.5. The average molecular weight is 242 g/mol. The van der Waals surface area contributed by atoms with Gasteiger partial charge in [-0.15, -0.1) is 0 Å². The molecule has 1 unspecified atom stereocenters. The second-order valence-electron chi connectivity index (χ2n) is 5.07. The second-order valence-corrected chi connectivity index (χ2v) is 5.07. The van der Waals surface area contributed by atoms with Gasteiger partial charge in [0.2, 0.25) is 0 Å². The Bertz CT molecular complexity index is 254. The standard InChI is InChI=1S/C13H26N2O2/c1-5-15(9-11-7-8-11)10-13(3,14-4)12(16)17-6-2/h11,14H,5-10H2,1-4H3. The minimum Gasteiger partial charge on any atom is -0.465 e. The van der Waals surface area contributed by atoms with Crippen molar-refractivity contribution in [2.45, 2.75) is 39.2 Å². The molecule has 1 atom stereocenters. The van der Waals surface area contributed by atoms with E-state index in [1.807, 2.05) is 20.9 Å². The first kappa shape index (κ1) is 14.5. The van der Waals surface area contributed by atoms with Crippen LogP contribution in [0.2, 0.25) is 0 Å². The minimum absolute atomic E-state index is 0.156. The molecule has 1 saturated carbocycles. The van der Waals surface area contributed by atoms with Crippen molar-refractivity contribution >= 4 is 5.97 Å². The lowest BCUT2D eigenvalue weighted by molar-refractivity contribution is -0.151. The van der Waals surface area contributed by atoms with Crippen LogP contribution in [0.4, 0.5) is 0 Å². The predicted octanol–water partition coefficient (Wildman–Crippen LogP) is 1.26. The average Bonchev–Trinajstić information content (AvgIpc) is 3.12. The van der Waals surface area contributed by atoms with Gasteiger partial charge in [0.25, 0.3) is 0 Å². The van der Waals surface area contributed by atoms with Crippen LogP contribution in [0.1, 0.15) is 33.6 Å². The summed E-state index contributed by atoms with van der Waals surface area (Å²) in [6.07, 6.45) is 2.68. The molecule has 0 saturated heterocycles. The summed E-state index contributed by atoms with van der Waals surface area (Å²) in [6.45, 7) is 9.14. The van der Waals surface area contributed by atoms with Gasteiger partial charge in [0, 0.05) is 13.1 Å². The monoisotopic (exact) mass is 242 g/mol. The Morgan fingerprint density at radius 2 is 2.12 bits per heavy atom. The lowest BCUT2D eigenvalue weighted by atomic mass is 10.0. The molecular formula is C13H26N2O2. The second kappa shape index (κ2) is 6.36. The van der Waals surface area contributed by atoms with Crippen LogP contribution in [0.5, 0.6) is 0 Å². The SMILES string of the molecule is CCOC(=O)C(C)(CN(CC)CC1CC1)NC. The van der Waals surface area contributed by atoms with Gasteiger partial charge in [-0.25, -0.2) is 0 Å². The third-order valence-electron chi connectivity index (χ3n) is 3.48. The summed E-state index contributed by atoms with van der Waals surface area (Å²) in [5.74, 6) is 0.690. The van der Waals surface area contributed by atoms with E-state index in [4.69, 9.17) is 4.74 Å². The molecule has 0 spiro atoms. The molecule has 1 aliphatic carbocycles. The van der Waals surface area contributed by atoms with Gasteiger partial charge in [0.15, 0.2) is 0 Å². The van der Waals surface area contributed by atoms with Crippen LogP contribution < -0.4 is 5.32 Å². The van der Waals surface area contributed by atoms with Crippen LogP contribution >= 0.6 is 0 Å². The summed E-state index contributed by atoms with van der Waals surface area (Å²) < 4.78 is 5.14. The highest BCUT2D eigenvalue weighted by molar-refractivity contribution is 5.80. The lowest BCUT2D eigenvalue weighted by Crippen LogP contribution is -2.56. The number of nitrogens with one attached hydrogen (secondary N) is 1. The van der Waals surface area contributed by atoms with Gasteiger partial charge in [0.1, 0.15) is 5.54 Å². The van der Waals surface area contributed by atoms with Gasteiger partial charge in [0.05, 0.1) is 6.61 Å². The number of hydrogen-bond donors (Lipinski definition) is 1. The van der Waals surface area contributed by atoms with E-state index in [1.165, 1.54) is 12.8 Å². The van der Waals surface area contributed by atoms with Crippen molar-refractivity contribution in [3.8, 4) is 0 Å². The number of rotatable bonds is 8. The van der Waals surface area contributed by atoms with Gasteiger partial charge >= 0.3 is 5.97 Å². The van der Waals surface area contributed by atoms with Gasteiger partial charge in [-0.05, 0) is 46.2 Å². The number of esters is 1. The Balaban J connectivity index is 2.54. The quantitative estimate of drug-likeness (QED) is 0.651. The Hall–Kier alpha value is -0.610. The molecule has 0 aliphatic heterocycles. The van der Waals surface area contributed by atoms with Crippen LogP contribution in [-0.4, -0.2) is 49.7 Å². The summed E-state index contributed by atoms with van der Waals surface area (Å²) in [7, 11) is 1.82. The van der Waals surface area contributed by atoms with E-state index in [2.05, 4.69) is 17.1 Å². The maximum absolute atomic E-state index is 11.9. The van der Waals surface area contributed by atoms with Gasteiger partial charge in [-0.3, -0.25) is 4.79 Å². The highest BCUT2D eigenvalue weighted by Gasteiger charge is 2.36. The Morgan fingerprint density at radius 1 is 1.47 bits per heavy atom. The fraction of sp³-hybridized carbons (Fsp3) is 0.923. The first-order valence-corrected chi connectivity index (χ1v) is 6.64. The molecule has 4 nitrogen and oxygen atoms in total. The van der Waals surface area contributed by atoms with E-state index in [9.17, 15) is 4.79 Å². The number of carbonyl (C=O) groups is 1. The van der Waals surface area contributed by atoms with E-state index in [0.717, 1.165) is 25.6 Å². The Labute approximate surface area is 105 Å². The molecule has 0 aromatic rings. The summed E-state index contributed by atoms with van der Waals surface area (Å²) in [4.78, 5) is 14.3. The van der Waals surface area contributed by atoms with Crippen LogP contribution in [0.25, 0.3) is 0 Å². The molecule has 100 valence electrons. The van der Waals surface area contributed by atoms with Crippen molar-refractivity contribution in [1.29, 1.82) is 0 Å². The van der Waals surface area contributed by atoms with Crippen molar-refractivity contribution in [2.75, 3.05) is 33.3 Å². The molecule has 4 heteroatoms. The topological polar surface area (TPSA) is 41.6 Å². The maximum atomic E-state index is 11.9. The van der Waals surface area contributed by atoms with Crippen molar-refractivity contribution in [3.05, 3.63) is 0 Å². The Morgan fingerprint density at radius 3 is 2.53 bits per heavy atom. The molecule has 1 aliphatic rings. The fourth-order valence-corrected chi connectivity index (χ4v) is 1.95. The summed E-state index contributed by atoms with van der Waals surface area (Å²) in [5.41, 5.74) is -0.596. The zero-order valence-corrected chi connectivity index (χ0v) is 11.6. The van der Waals surface area contributed by atoms with E-state index in [1.54, 1.807) is 0 Å². The van der Waals surface area contributed by atoms with Crippen molar-refractivity contribution < 1.29 is 9.53 Å². The van der Waals surface area contributed by atoms with E-state index >= 15 is 0 Å². The molecule has 0 amide bonds. The van der Waals surface area contributed by atoms with Crippen LogP contribution in [0.15, 0.2) is 0 Å². The van der Waals surface area contributed by atoms with Gasteiger partial charge < -0.3 is 15.0 Å². The van der Waals surface area contributed by atoms with Gasteiger partial charge in [-0.1, -0.05) is 6.92 Å². The molecule has 0 aromatic heterocycles. The number of likely N-dealkylation sites (N-methyl/N-ethyl adjacent to an activating group) is 2. The van der Waals surface area contributed by atoms with Crippen molar-refractivity contribution in [3.63, 3.8) is 0 Å². The van der Waals surface area contributed by atoms with Crippen LogP contribution in [0.3, 0.4) is 0 Å². The van der Waals surface area contributed by atoms with E-state index < -0.39 is 5.54 Å². The number of hydrogen-bond acceptors (Lipinski definition) is 4. The normalized spacial score (nSPS) is 19.1. The highest BCUT2D eigenvalue weighted by Crippen LogP contribution is 2.30. The van der Waals surface area contributed by atoms with Crippen molar-refractivity contribution in [1.82, 2.24) is 10.2 Å². The molecule has 1 N–H and O–H groups in total. The first-order chi connectivity index (χ1) is 8.05. The smallest absolute Gasteiger partial charge is 0.327 e. The first-order valence-electron chi connectivity index (χ1n) is 6.64. The lowest BCUT2D eigenvalue weighted by Gasteiger charge is -2.33. The molecule has 0 bridgehead atoms. The fourth-order valence-electron chi connectivity index (χ4n) is 1.95. The van der Waals surface area contributed by atoms with E-state index in [-0.39, 0.29) is 5.97 Å². The maximum Gasteiger partial charge on any atom is 0.327 e. The zero-order valence-electron chi connectivity index (χ0n) is 11.6. The summed E-state index contributed by atoms with van der Waals surface area (Å²) >= 11 is 0. The van der Waals surface area contributed by atoms with E-state index in [0.29, 0.717) is 6.61 Å². The third kappa shape index (κ3) is 4.28. The Kier molecular flexibility index (Phi) is 5.40. The predicted molar refractivity (Wildman–Crippen MR) is 68.9 cm³/mol. The third-order valence-corrected chi connectivity index (χ3v) is 3.48. The summed E-state index contributed by atoms with van der Waals surface area (Å²) in [6, 6.07) is 0. The minimum atomic E-state index is -0.596. The van der Waals surface area contributed by atoms with Crippen molar-refractivity contribution in [2.24, 2.45) is 5.92 Å². The molecule has 0 heterocycles. The molecule has 17 heavy (non-hydrogen) atoms. The molecule has 1 fully saturated rings.